The van der Waals surface area contributed by atoms with Gasteiger partial charge in [-0.2, -0.15) is 5.10 Å². The number of nitrogens with zero attached hydrogens (tertiary/aromatic N) is 2. The van der Waals surface area contributed by atoms with Gasteiger partial charge in [-0.25, -0.2) is 4.39 Å². The molecule has 102 valence electrons. The fourth-order valence-electron chi connectivity index (χ4n) is 2.12. The summed E-state index contributed by atoms with van der Waals surface area (Å²) in [4.78, 5) is 12.9. The van der Waals surface area contributed by atoms with Crippen LogP contribution in [0, 0.1) is 5.82 Å². The van der Waals surface area contributed by atoms with Gasteiger partial charge in [0.25, 0.3) is 0 Å². The number of ketones is 1. The minimum absolute atomic E-state index is 0.0930. The van der Waals surface area contributed by atoms with E-state index in [-0.39, 0.29) is 11.6 Å². The second-order valence-electron chi connectivity index (χ2n) is 4.74. The van der Waals surface area contributed by atoms with E-state index >= 15 is 0 Å². The molecule has 0 aliphatic heterocycles. The molecule has 20 heavy (non-hydrogen) atoms. The van der Waals surface area contributed by atoms with Gasteiger partial charge in [0, 0.05) is 24.4 Å². The van der Waals surface area contributed by atoms with Crippen LogP contribution in [0.5, 0.6) is 0 Å². The smallest absolute Gasteiger partial charge is 0.173 e. The zero-order valence-corrected chi connectivity index (χ0v) is 11.8. The summed E-state index contributed by atoms with van der Waals surface area (Å²) >= 11 is 1.35. The Morgan fingerprint density at radius 2 is 2.25 bits per heavy atom. The SMILES string of the molecule is Cn1cc(CCC(=O)c2cc3ccc(F)cc3s2)cn1. The molecule has 0 aliphatic rings. The van der Waals surface area contributed by atoms with Gasteiger partial charge in [-0.15, -0.1) is 11.3 Å². The lowest BCUT2D eigenvalue weighted by molar-refractivity contribution is 0.0987. The third kappa shape index (κ3) is 2.63. The Balaban J connectivity index is 1.75. The zero-order chi connectivity index (χ0) is 14.1. The number of carbonyl (C=O) groups excluding carboxylic acids is 1. The van der Waals surface area contributed by atoms with Crippen LogP contribution >= 0.6 is 11.3 Å². The molecule has 0 atom stereocenters. The molecule has 0 amide bonds. The van der Waals surface area contributed by atoms with Crippen molar-refractivity contribution in [2.75, 3.05) is 0 Å². The van der Waals surface area contributed by atoms with Crippen molar-refractivity contribution in [1.82, 2.24) is 9.78 Å². The van der Waals surface area contributed by atoms with Crippen molar-refractivity contribution in [1.29, 1.82) is 0 Å². The Morgan fingerprint density at radius 3 is 3.00 bits per heavy atom. The standard InChI is InChI=1S/C15H13FN2OS/c1-18-9-10(8-17-18)2-5-13(19)15-6-11-3-4-12(16)7-14(11)20-15/h3-4,6-9H,2,5H2,1H3. The van der Waals surface area contributed by atoms with Crippen LogP contribution in [0.25, 0.3) is 10.1 Å². The van der Waals surface area contributed by atoms with Gasteiger partial charge in [-0.3, -0.25) is 9.48 Å². The summed E-state index contributed by atoms with van der Waals surface area (Å²) in [6.07, 6.45) is 4.80. The molecule has 0 radical (unpaired) electrons. The van der Waals surface area contributed by atoms with Gasteiger partial charge in [-0.1, -0.05) is 6.07 Å². The van der Waals surface area contributed by atoms with Gasteiger partial charge >= 0.3 is 0 Å². The van der Waals surface area contributed by atoms with Crippen molar-refractivity contribution < 1.29 is 9.18 Å². The van der Waals surface area contributed by atoms with Gasteiger partial charge in [0.2, 0.25) is 0 Å². The number of rotatable bonds is 4. The first-order valence-electron chi connectivity index (χ1n) is 6.31. The van der Waals surface area contributed by atoms with Crippen LogP contribution in [-0.4, -0.2) is 15.6 Å². The fourth-order valence-corrected chi connectivity index (χ4v) is 3.18. The molecular weight excluding hydrogens is 275 g/mol. The third-order valence-electron chi connectivity index (χ3n) is 3.16. The average molecular weight is 288 g/mol. The molecule has 0 saturated heterocycles. The van der Waals surface area contributed by atoms with Crippen molar-refractivity contribution in [2.45, 2.75) is 12.8 Å². The molecule has 2 heterocycles. The molecule has 0 saturated carbocycles. The van der Waals surface area contributed by atoms with Crippen LogP contribution in [0.2, 0.25) is 0 Å². The van der Waals surface area contributed by atoms with E-state index in [0.29, 0.717) is 17.7 Å². The highest BCUT2D eigenvalue weighted by Gasteiger charge is 2.11. The molecular formula is C15H13FN2OS. The summed E-state index contributed by atoms with van der Waals surface area (Å²) in [7, 11) is 1.85. The molecule has 0 unspecified atom stereocenters. The molecule has 1 aromatic carbocycles. The third-order valence-corrected chi connectivity index (χ3v) is 4.29. The highest BCUT2D eigenvalue weighted by molar-refractivity contribution is 7.20. The van der Waals surface area contributed by atoms with Crippen LogP contribution < -0.4 is 0 Å². The van der Waals surface area contributed by atoms with E-state index in [1.807, 2.05) is 19.3 Å². The summed E-state index contributed by atoms with van der Waals surface area (Å²) in [5, 5.41) is 5.00. The summed E-state index contributed by atoms with van der Waals surface area (Å²) in [5.74, 6) is -0.177. The van der Waals surface area contributed by atoms with Crippen LogP contribution in [0.1, 0.15) is 21.7 Å². The van der Waals surface area contributed by atoms with E-state index in [2.05, 4.69) is 5.10 Å². The van der Waals surface area contributed by atoms with E-state index in [9.17, 15) is 9.18 Å². The summed E-state index contributed by atoms with van der Waals surface area (Å²) in [5.41, 5.74) is 1.05. The first kappa shape index (κ1) is 13.0. The second-order valence-corrected chi connectivity index (χ2v) is 5.82. The second kappa shape index (κ2) is 5.17. The van der Waals surface area contributed by atoms with E-state index in [1.165, 1.54) is 23.5 Å². The number of aryl methyl sites for hydroxylation is 2. The Kier molecular flexibility index (Phi) is 3.36. The molecule has 0 aliphatic carbocycles. The number of carbonyl (C=O) groups is 1. The summed E-state index contributed by atoms with van der Waals surface area (Å²) in [6, 6.07) is 6.43. The molecule has 0 N–H and O–H groups in total. The maximum atomic E-state index is 13.1. The Labute approximate surface area is 119 Å². The summed E-state index contributed by atoms with van der Waals surface area (Å²) in [6.45, 7) is 0. The van der Waals surface area contributed by atoms with Crippen LogP contribution in [-0.2, 0) is 13.5 Å². The van der Waals surface area contributed by atoms with Gasteiger partial charge in [-0.05, 0) is 35.6 Å². The molecule has 0 fully saturated rings. The largest absolute Gasteiger partial charge is 0.293 e. The Hall–Kier alpha value is -2.01. The van der Waals surface area contributed by atoms with Gasteiger partial charge in [0.05, 0.1) is 11.1 Å². The topological polar surface area (TPSA) is 34.9 Å². The fraction of sp³-hybridized carbons (Fsp3) is 0.200. The molecule has 0 spiro atoms. The maximum Gasteiger partial charge on any atom is 0.173 e. The maximum absolute atomic E-state index is 13.1. The molecule has 5 heteroatoms. The lowest BCUT2D eigenvalue weighted by atomic mass is 10.1. The number of hydrogen-bond acceptors (Lipinski definition) is 3. The first-order valence-corrected chi connectivity index (χ1v) is 7.13. The quantitative estimate of drug-likeness (QED) is 0.688. The number of thiophene rings is 1. The highest BCUT2D eigenvalue weighted by Crippen LogP contribution is 2.27. The van der Waals surface area contributed by atoms with Crippen molar-refractivity contribution >= 4 is 27.2 Å². The number of hydrogen-bond donors (Lipinski definition) is 0. The van der Waals surface area contributed by atoms with Crippen molar-refractivity contribution in [3.05, 3.63) is 52.9 Å². The highest BCUT2D eigenvalue weighted by atomic mass is 32.1. The lowest BCUT2D eigenvalue weighted by Gasteiger charge is -1.95. The van der Waals surface area contributed by atoms with Crippen molar-refractivity contribution in [3.8, 4) is 0 Å². The summed E-state index contributed by atoms with van der Waals surface area (Å²) < 4.78 is 15.7. The number of halogens is 1. The predicted octanol–water partition coefficient (Wildman–Crippen LogP) is 3.59. The van der Waals surface area contributed by atoms with Crippen LogP contribution in [0.4, 0.5) is 4.39 Å². The normalized spacial score (nSPS) is 11.1. The van der Waals surface area contributed by atoms with Crippen molar-refractivity contribution in [3.63, 3.8) is 0 Å². The number of fused-ring (bicyclic) bond motifs is 1. The molecule has 3 aromatic rings. The Bertz CT molecular complexity index is 775. The molecule has 2 aromatic heterocycles. The number of benzene rings is 1. The first-order chi connectivity index (χ1) is 9.61. The number of Topliss-reactive ketones (excluding diaryl/α,β-unsaturated/α-hetero) is 1. The minimum atomic E-state index is -0.270. The van der Waals surface area contributed by atoms with Gasteiger partial charge in [0.1, 0.15) is 5.82 Å². The van der Waals surface area contributed by atoms with Crippen LogP contribution in [0.15, 0.2) is 36.7 Å². The van der Waals surface area contributed by atoms with Gasteiger partial charge in [0.15, 0.2) is 5.78 Å². The molecule has 0 bridgehead atoms. The minimum Gasteiger partial charge on any atom is -0.293 e. The van der Waals surface area contributed by atoms with E-state index in [0.717, 1.165) is 15.6 Å². The number of aromatic nitrogens is 2. The average Bonchev–Trinajstić information content (AvgIpc) is 3.01. The van der Waals surface area contributed by atoms with Gasteiger partial charge < -0.3 is 0 Å². The van der Waals surface area contributed by atoms with E-state index in [4.69, 9.17) is 0 Å². The Morgan fingerprint density at radius 1 is 1.40 bits per heavy atom. The monoisotopic (exact) mass is 288 g/mol. The predicted molar refractivity (Wildman–Crippen MR) is 77.6 cm³/mol. The van der Waals surface area contributed by atoms with Crippen molar-refractivity contribution in [2.24, 2.45) is 7.05 Å². The van der Waals surface area contributed by atoms with E-state index < -0.39 is 0 Å². The lowest BCUT2D eigenvalue weighted by Crippen LogP contribution is -1.98. The molecule has 3 rings (SSSR count). The zero-order valence-electron chi connectivity index (χ0n) is 11.0. The molecule has 3 nitrogen and oxygen atoms in total. The van der Waals surface area contributed by atoms with E-state index in [1.54, 1.807) is 16.9 Å². The van der Waals surface area contributed by atoms with Crippen LogP contribution in [0.3, 0.4) is 0 Å².